The topological polar surface area (TPSA) is 54.3 Å². The van der Waals surface area contributed by atoms with Gasteiger partial charge in [0, 0.05) is 31.4 Å². The molecule has 1 aromatic heterocycles. The van der Waals surface area contributed by atoms with Crippen molar-refractivity contribution in [1.29, 1.82) is 0 Å². The van der Waals surface area contributed by atoms with Crippen LogP contribution >= 0.6 is 0 Å². The third-order valence-corrected chi connectivity index (χ3v) is 3.24. The lowest BCUT2D eigenvalue weighted by Crippen LogP contribution is -2.48. The third-order valence-electron chi connectivity index (χ3n) is 3.24. The first-order valence-corrected chi connectivity index (χ1v) is 5.86. The fourth-order valence-electron chi connectivity index (χ4n) is 1.28. The molecule has 100 valence electrons. The number of pyridine rings is 1. The van der Waals surface area contributed by atoms with Crippen LogP contribution in [-0.2, 0) is 7.05 Å². The molecule has 0 fully saturated rings. The predicted molar refractivity (Wildman–Crippen MR) is 71.8 cm³/mol. The summed E-state index contributed by atoms with van der Waals surface area (Å²) in [6.45, 7) is 4.64. The molecule has 1 amide bonds. The number of hydrogen-bond acceptors (Lipinski definition) is 3. The van der Waals surface area contributed by atoms with E-state index in [0.29, 0.717) is 12.1 Å². The van der Waals surface area contributed by atoms with Gasteiger partial charge in [-0.05, 0) is 34.0 Å². The maximum Gasteiger partial charge on any atom is 0.252 e. The Kier molecular flexibility index (Phi) is 4.29. The average Bonchev–Trinajstić information content (AvgIpc) is 2.29. The van der Waals surface area contributed by atoms with Gasteiger partial charge in [0.05, 0.1) is 5.56 Å². The number of rotatable bonds is 4. The predicted octanol–water partition coefficient (Wildman–Crippen LogP) is 0.455. The van der Waals surface area contributed by atoms with E-state index in [1.54, 1.807) is 19.3 Å². The van der Waals surface area contributed by atoms with Gasteiger partial charge in [0.1, 0.15) is 0 Å². The number of carbonyl (C=O) groups is 1. The SMILES string of the molecule is CN(C)C(C)(C)CNC(=O)c1ccc(=O)n(C)c1. The molecule has 0 aliphatic rings. The normalized spacial score (nSPS) is 11.7. The average molecular weight is 251 g/mol. The summed E-state index contributed by atoms with van der Waals surface area (Å²) in [6.07, 6.45) is 1.54. The van der Waals surface area contributed by atoms with Crippen molar-refractivity contribution < 1.29 is 4.79 Å². The Morgan fingerprint density at radius 3 is 2.50 bits per heavy atom. The van der Waals surface area contributed by atoms with Gasteiger partial charge in [-0.2, -0.15) is 0 Å². The Morgan fingerprint density at radius 2 is 2.00 bits per heavy atom. The van der Waals surface area contributed by atoms with Crippen molar-refractivity contribution in [2.24, 2.45) is 7.05 Å². The number of nitrogens with zero attached hydrogens (tertiary/aromatic N) is 2. The van der Waals surface area contributed by atoms with E-state index < -0.39 is 0 Å². The second-order valence-electron chi connectivity index (χ2n) is 5.26. The van der Waals surface area contributed by atoms with E-state index >= 15 is 0 Å². The highest BCUT2D eigenvalue weighted by Crippen LogP contribution is 2.08. The van der Waals surface area contributed by atoms with E-state index in [0.717, 1.165) is 0 Å². The molecule has 0 saturated heterocycles. The summed E-state index contributed by atoms with van der Waals surface area (Å²) in [4.78, 5) is 25.2. The van der Waals surface area contributed by atoms with Crippen LogP contribution in [0.2, 0.25) is 0 Å². The van der Waals surface area contributed by atoms with Crippen LogP contribution in [0.1, 0.15) is 24.2 Å². The lowest BCUT2D eigenvalue weighted by atomic mass is 10.0. The van der Waals surface area contributed by atoms with E-state index in [1.165, 1.54) is 10.6 Å². The lowest BCUT2D eigenvalue weighted by Gasteiger charge is -2.32. The summed E-state index contributed by atoms with van der Waals surface area (Å²) in [5.74, 6) is -0.166. The number of nitrogens with one attached hydrogen (secondary N) is 1. The number of aromatic nitrogens is 1. The number of amides is 1. The van der Waals surface area contributed by atoms with Gasteiger partial charge in [-0.15, -0.1) is 0 Å². The van der Waals surface area contributed by atoms with E-state index in [9.17, 15) is 9.59 Å². The van der Waals surface area contributed by atoms with Crippen LogP contribution in [0.3, 0.4) is 0 Å². The minimum Gasteiger partial charge on any atom is -0.350 e. The molecular weight excluding hydrogens is 230 g/mol. The molecule has 0 bridgehead atoms. The smallest absolute Gasteiger partial charge is 0.252 e. The first kappa shape index (κ1) is 14.4. The minimum atomic E-state index is -0.166. The minimum absolute atomic E-state index is 0.115. The fraction of sp³-hybridized carbons (Fsp3) is 0.538. The van der Waals surface area contributed by atoms with Gasteiger partial charge in [0.2, 0.25) is 5.56 Å². The highest BCUT2D eigenvalue weighted by molar-refractivity contribution is 5.93. The monoisotopic (exact) mass is 251 g/mol. The molecule has 0 aliphatic heterocycles. The molecule has 18 heavy (non-hydrogen) atoms. The van der Waals surface area contributed by atoms with Gasteiger partial charge < -0.3 is 14.8 Å². The summed E-state index contributed by atoms with van der Waals surface area (Å²) >= 11 is 0. The quantitative estimate of drug-likeness (QED) is 0.845. The molecule has 0 atom stereocenters. The number of likely N-dealkylation sites (N-methyl/N-ethyl adjacent to an activating group) is 1. The van der Waals surface area contributed by atoms with E-state index in [4.69, 9.17) is 0 Å². The molecule has 1 aromatic rings. The molecule has 5 nitrogen and oxygen atoms in total. The number of hydrogen-bond donors (Lipinski definition) is 1. The number of aryl methyl sites for hydroxylation is 1. The molecule has 1 heterocycles. The summed E-state index contributed by atoms with van der Waals surface area (Å²) in [5, 5.41) is 2.87. The van der Waals surface area contributed by atoms with E-state index in [2.05, 4.69) is 5.32 Å². The van der Waals surface area contributed by atoms with Gasteiger partial charge >= 0.3 is 0 Å². The van der Waals surface area contributed by atoms with Crippen LogP contribution in [0.4, 0.5) is 0 Å². The molecule has 0 aromatic carbocycles. The lowest BCUT2D eigenvalue weighted by molar-refractivity contribution is 0.0919. The molecule has 0 aliphatic carbocycles. The van der Waals surface area contributed by atoms with Gasteiger partial charge in [-0.3, -0.25) is 9.59 Å². The summed E-state index contributed by atoms with van der Waals surface area (Å²) < 4.78 is 1.39. The van der Waals surface area contributed by atoms with Crippen LogP contribution in [-0.4, -0.2) is 41.6 Å². The molecule has 0 radical (unpaired) electrons. The standard InChI is InChI=1S/C13H21N3O2/c1-13(2,15(3)4)9-14-12(18)10-6-7-11(17)16(5)8-10/h6-8H,9H2,1-5H3,(H,14,18). The van der Waals surface area contributed by atoms with Crippen LogP contribution < -0.4 is 10.9 Å². The zero-order valence-electron chi connectivity index (χ0n) is 11.7. The third kappa shape index (κ3) is 3.43. The highest BCUT2D eigenvalue weighted by Gasteiger charge is 2.21. The van der Waals surface area contributed by atoms with E-state index in [1.807, 2.05) is 32.8 Å². The maximum atomic E-state index is 11.9. The molecule has 0 unspecified atom stereocenters. The van der Waals surface area contributed by atoms with Gasteiger partial charge in [0.25, 0.3) is 5.91 Å². The first-order chi connectivity index (χ1) is 8.24. The van der Waals surface area contributed by atoms with Crippen molar-refractivity contribution >= 4 is 5.91 Å². The van der Waals surface area contributed by atoms with Crippen molar-refractivity contribution in [1.82, 2.24) is 14.8 Å². The first-order valence-electron chi connectivity index (χ1n) is 5.86. The Labute approximate surface area is 107 Å². The zero-order chi connectivity index (χ0) is 13.9. The molecular formula is C13H21N3O2. The second-order valence-corrected chi connectivity index (χ2v) is 5.26. The zero-order valence-corrected chi connectivity index (χ0v) is 11.7. The molecule has 1 rings (SSSR count). The van der Waals surface area contributed by atoms with Gasteiger partial charge in [-0.1, -0.05) is 0 Å². The molecule has 0 spiro atoms. The van der Waals surface area contributed by atoms with Crippen LogP contribution in [0.5, 0.6) is 0 Å². The summed E-state index contributed by atoms with van der Waals surface area (Å²) in [5.41, 5.74) is 0.253. The molecule has 0 saturated carbocycles. The van der Waals surface area contributed by atoms with E-state index in [-0.39, 0.29) is 17.0 Å². The number of carbonyl (C=O) groups excluding carboxylic acids is 1. The van der Waals surface area contributed by atoms with Crippen molar-refractivity contribution in [3.05, 3.63) is 34.2 Å². The Hall–Kier alpha value is -1.62. The van der Waals surface area contributed by atoms with Crippen LogP contribution in [0.25, 0.3) is 0 Å². The van der Waals surface area contributed by atoms with Crippen molar-refractivity contribution in [3.8, 4) is 0 Å². The Bertz CT molecular complexity index is 489. The highest BCUT2D eigenvalue weighted by atomic mass is 16.2. The van der Waals surface area contributed by atoms with Crippen LogP contribution in [0.15, 0.2) is 23.1 Å². The van der Waals surface area contributed by atoms with Gasteiger partial charge in [-0.25, -0.2) is 0 Å². The fourth-order valence-corrected chi connectivity index (χ4v) is 1.28. The summed E-state index contributed by atoms with van der Waals surface area (Å²) in [7, 11) is 5.57. The Morgan fingerprint density at radius 1 is 1.39 bits per heavy atom. The molecule has 5 heteroatoms. The summed E-state index contributed by atoms with van der Waals surface area (Å²) in [6, 6.07) is 2.94. The van der Waals surface area contributed by atoms with Crippen LogP contribution in [0, 0.1) is 0 Å². The molecule has 1 N–H and O–H groups in total. The van der Waals surface area contributed by atoms with Gasteiger partial charge in [0.15, 0.2) is 0 Å². The second kappa shape index (κ2) is 5.35. The Balaban J connectivity index is 2.72. The van der Waals surface area contributed by atoms with Crippen molar-refractivity contribution in [2.45, 2.75) is 19.4 Å². The maximum absolute atomic E-state index is 11.9. The largest absolute Gasteiger partial charge is 0.350 e. The van der Waals surface area contributed by atoms with Crippen molar-refractivity contribution in [2.75, 3.05) is 20.6 Å². The van der Waals surface area contributed by atoms with Crippen molar-refractivity contribution in [3.63, 3.8) is 0 Å².